The Morgan fingerprint density at radius 1 is 1.07 bits per heavy atom. The first kappa shape index (κ1) is 9.16. The second kappa shape index (κ2) is 4.20. The summed E-state index contributed by atoms with van der Waals surface area (Å²) in [4.78, 5) is 4.50. The van der Waals surface area contributed by atoms with E-state index < -0.39 is 0 Å². The first-order valence-electron chi connectivity index (χ1n) is 4.86. The molecular weight excluding hydrogens is 174 g/mol. The number of nitrogens with zero attached hydrogens (tertiary/aromatic N) is 1. The molecule has 0 amide bonds. The number of aliphatic hydroxyl groups is 1. The van der Waals surface area contributed by atoms with Crippen molar-refractivity contribution < 1.29 is 5.11 Å². The quantitative estimate of drug-likeness (QED) is 0.798. The van der Waals surface area contributed by atoms with Crippen LogP contribution in [0.2, 0.25) is 0 Å². The summed E-state index contributed by atoms with van der Waals surface area (Å²) in [6, 6.07) is 12.2. The smallest absolute Gasteiger partial charge is 0.0705 e. The van der Waals surface area contributed by atoms with Crippen LogP contribution in [0.5, 0.6) is 0 Å². The molecule has 1 aromatic heterocycles. The lowest BCUT2D eigenvalue weighted by atomic mass is 10.1. The summed E-state index contributed by atoms with van der Waals surface area (Å²) in [6.45, 7) is 0.231. The second-order valence-electron chi connectivity index (χ2n) is 3.32. The fourth-order valence-electron chi connectivity index (χ4n) is 1.51. The Bertz CT molecular complexity index is 425. The van der Waals surface area contributed by atoms with Gasteiger partial charge >= 0.3 is 0 Å². The first-order chi connectivity index (χ1) is 6.90. The molecule has 0 fully saturated rings. The molecule has 0 aliphatic rings. The number of aryl methyl sites for hydroxylation is 1. The van der Waals surface area contributed by atoms with Crippen molar-refractivity contribution in [2.45, 2.75) is 12.8 Å². The van der Waals surface area contributed by atoms with E-state index in [4.69, 9.17) is 5.11 Å². The van der Waals surface area contributed by atoms with Crippen LogP contribution in [0.3, 0.4) is 0 Å². The number of hydrogen-bond donors (Lipinski definition) is 1. The van der Waals surface area contributed by atoms with Crippen LogP contribution in [0.4, 0.5) is 0 Å². The molecule has 0 atom stereocenters. The van der Waals surface area contributed by atoms with Gasteiger partial charge in [-0.15, -0.1) is 0 Å². The van der Waals surface area contributed by atoms with Gasteiger partial charge in [-0.3, -0.25) is 4.98 Å². The summed E-state index contributed by atoms with van der Waals surface area (Å²) in [6.07, 6.45) is 1.63. The van der Waals surface area contributed by atoms with Gasteiger partial charge in [0.15, 0.2) is 0 Å². The number of benzene rings is 1. The highest BCUT2D eigenvalue weighted by atomic mass is 16.2. The summed E-state index contributed by atoms with van der Waals surface area (Å²) in [5, 5.41) is 9.88. The van der Waals surface area contributed by atoms with Crippen molar-refractivity contribution in [1.29, 1.82) is 0 Å². The molecule has 72 valence electrons. The molecule has 0 saturated heterocycles. The predicted molar refractivity (Wildman–Crippen MR) is 57.1 cm³/mol. The second-order valence-corrected chi connectivity index (χ2v) is 3.32. The third-order valence-corrected chi connectivity index (χ3v) is 2.25. The van der Waals surface area contributed by atoms with Crippen molar-refractivity contribution in [3.8, 4) is 0 Å². The predicted octanol–water partition coefficient (Wildman–Crippen LogP) is 2.16. The third-order valence-electron chi connectivity index (χ3n) is 2.25. The van der Waals surface area contributed by atoms with E-state index in [0.717, 1.165) is 24.1 Å². The van der Waals surface area contributed by atoms with Crippen LogP contribution in [-0.4, -0.2) is 16.7 Å². The van der Waals surface area contributed by atoms with Crippen molar-refractivity contribution in [2.75, 3.05) is 6.61 Å². The Morgan fingerprint density at radius 2 is 1.93 bits per heavy atom. The van der Waals surface area contributed by atoms with Crippen LogP contribution < -0.4 is 0 Å². The zero-order valence-corrected chi connectivity index (χ0v) is 7.98. The van der Waals surface area contributed by atoms with Gasteiger partial charge in [-0.1, -0.05) is 24.3 Å². The highest BCUT2D eigenvalue weighted by Crippen LogP contribution is 2.12. The maximum atomic E-state index is 8.71. The lowest BCUT2D eigenvalue weighted by Crippen LogP contribution is -1.93. The number of para-hydroxylation sites is 1. The number of fused-ring (bicyclic) bond motifs is 1. The van der Waals surface area contributed by atoms with Gasteiger partial charge in [-0.25, -0.2) is 0 Å². The van der Waals surface area contributed by atoms with Crippen molar-refractivity contribution in [3.05, 3.63) is 42.1 Å². The molecule has 0 aliphatic heterocycles. The van der Waals surface area contributed by atoms with Crippen molar-refractivity contribution in [2.24, 2.45) is 0 Å². The Balaban J connectivity index is 2.32. The number of aliphatic hydroxyl groups excluding tert-OH is 1. The molecule has 2 nitrogen and oxygen atoms in total. The summed E-state index contributed by atoms with van der Waals surface area (Å²) in [5.41, 5.74) is 2.08. The summed E-state index contributed by atoms with van der Waals surface area (Å²) < 4.78 is 0. The fraction of sp³-hybridized carbons (Fsp3) is 0.250. The van der Waals surface area contributed by atoms with E-state index in [2.05, 4.69) is 17.1 Å². The number of hydrogen-bond acceptors (Lipinski definition) is 2. The van der Waals surface area contributed by atoms with E-state index in [0.29, 0.717) is 0 Å². The molecule has 0 radical (unpaired) electrons. The normalized spacial score (nSPS) is 10.6. The molecule has 2 rings (SSSR count). The molecule has 0 spiro atoms. The van der Waals surface area contributed by atoms with Gasteiger partial charge in [0, 0.05) is 17.7 Å². The number of rotatable bonds is 3. The maximum Gasteiger partial charge on any atom is 0.0705 e. The van der Waals surface area contributed by atoms with Crippen molar-refractivity contribution >= 4 is 10.9 Å². The van der Waals surface area contributed by atoms with Crippen LogP contribution in [0.25, 0.3) is 10.9 Å². The third kappa shape index (κ3) is 1.91. The monoisotopic (exact) mass is 187 g/mol. The zero-order chi connectivity index (χ0) is 9.80. The van der Waals surface area contributed by atoms with E-state index >= 15 is 0 Å². The summed E-state index contributed by atoms with van der Waals surface area (Å²) in [7, 11) is 0. The molecule has 14 heavy (non-hydrogen) atoms. The molecule has 0 bridgehead atoms. The van der Waals surface area contributed by atoms with Gasteiger partial charge in [0.2, 0.25) is 0 Å². The SMILES string of the molecule is OCCCc1ccc2ccccc2n1. The van der Waals surface area contributed by atoms with Crippen LogP contribution in [-0.2, 0) is 6.42 Å². The minimum absolute atomic E-state index is 0.231. The standard InChI is InChI=1S/C12H13NO/c14-9-3-5-11-8-7-10-4-1-2-6-12(10)13-11/h1-2,4,6-8,14H,3,5,9H2. The molecule has 1 N–H and O–H groups in total. The summed E-state index contributed by atoms with van der Waals surface area (Å²) >= 11 is 0. The average Bonchev–Trinajstić information content (AvgIpc) is 2.26. The van der Waals surface area contributed by atoms with Gasteiger partial charge in [0.05, 0.1) is 5.52 Å². The lowest BCUT2D eigenvalue weighted by molar-refractivity contribution is 0.288. The number of pyridine rings is 1. The Morgan fingerprint density at radius 3 is 2.79 bits per heavy atom. The van der Waals surface area contributed by atoms with E-state index in [9.17, 15) is 0 Å². The van der Waals surface area contributed by atoms with Gasteiger partial charge in [0.1, 0.15) is 0 Å². The van der Waals surface area contributed by atoms with E-state index in [1.165, 1.54) is 5.39 Å². The highest BCUT2D eigenvalue weighted by molar-refractivity contribution is 5.78. The fourth-order valence-corrected chi connectivity index (χ4v) is 1.51. The van der Waals surface area contributed by atoms with Crippen LogP contribution in [0.1, 0.15) is 12.1 Å². The van der Waals surface area contributed by atoms with Gasteiger partial charge in [0.25, 0.3) is 0 Å². The van der Waals surface area contributed by atoms with Crippen LogP contribution in [0, 0.1) is 0 Å². The average molecular weight is 187 g/mol. The largest absolute Gasteiger partial charge is 0.396 e. The topological polar surface area (TPSA) is 33.1 Å². The van der Waals surface area contributed by atoms with E-state index in [-0.39, 0.29) is 6.61 Å². The minimum atomic E-state index is 0.231. The molecule has 2 heteroatoms. The van der Waals surface area contributed by atoms with Crippen molar-refractivity contribution in [3.63, 3.8) is 0 Å². The van der Waals surface area contributed by atoms with Gasteiger partial charge < -0.3 is 5.11 Å². The van der Waals surface area contributed by atoms with E-state index in [1.54, 1.807) is 0 Å². The molecule has 1 heterocycles. The molecule has 2 aromatic rings. The minimum Gasteiger partial charge on any atom is -0.396 e. The molecule has 0 aliphatic carbocycles. The first-order valence-corrected chi connectivity index (χ1v) is 4.86. The van der Waals surface area contributed by atoms with E-state index in [1.807, 2.05) is 24.3 Å². The van der Waals surface area contributed by atoms with Gasteiger partial charge in [-0.2, -0.15) is 0 Å². The number of aromatic nitrogens is 1. The highest BCUT2D eigenvalue weighted by Gasteiger charge is 1.96. The van der Waals surface area contributed by atoms with Crippen molar-refractivity contribution in [1.82, 2.24) is 4.98 Å². The lowest BCUT2D eigenvalue weighted by Gasteiger charge is -2.01. The molecule has 1 aromatic carbocycles. The molecule has 0 saturated carbocycles. The summed E-state index contributed by atoms with van der Waals surface area (Å²) in [5.74, 6) is 0. The van der Waals surface area contributed by atoms with Crippen LogP contribution in [0.15, 0.2) is 36.4 Å². The Labute approximate surface area is 83.2 Å². The zero-order valence-electron chi connectivity index (χ0n) is 7.98. The van der Waals surface area contributed by atoms with Gasteiger partial charge in [-0.05, 0) is 25.0 Å². The Kier molecular flexibility index (Phi) is 2.75. The van der Waals surface area contributed by atoms with Crippen LogP contribution >= 0.6 is 0 Å². The molecular formula is C12H13NO. The molecule has 0 unspecified atom stereocenters. The maximum absolute atomic E-state index is 8.71. The Hall–Kier alpha value is -1.41.